The van der Waals surface area contributed by atoms with Crippen LogP contribution in [0.4, 0.5) is 0 Å². The van der Waals surface area contributed by atoms with Gasteiger partial charge in [0.15, 0.2) is 5.78 Å². The first-order valence-corrected chi connectivity index (χ1v) is 5.30. The van der Waals surface area contributed by atoms with E-state index in [1.165, 1.54) is 0 Å². The summed E-state index contributed by atoms with van der Waals surface area (Å²) in [5.41, 5.74) is 5.61. The molecule has 1 aliphatic rings. The van der Waals surface area contributed by atoms with E-state index in [4.69, 9.17) is 5.73 Å². The van der Waals surface area contributed by atoms with Crippen molar-refractivity contribution < 1.29 is 4.79 Å². The molecule has 2 nitrogen and oxygen atoms in total. The number of hydrogen-bond acceptors (Lipinski definition) is 2. The highest BCUT2D eigenvalue weighted by Crippen LogP contribution is 2.31. The molecule has 0 aromatic rings. The van der Waals surface area contributed by atoms with Gasteiger partial charge in [-0.3, -0.25) is 4.79 Å². The van der Waals surface area contributed by atoms with E-state index in [0.29, 0.717) is 5.92 Å². The van der Waals surface area contributed by atoms with E-state index in [1.54, 1.807) is 0 Å². The minimum Gasteiger partial charge on any atom is -0.319 e. The summed E-state index contributed by atoms with van der Waals surface area (Å²) in [6.45, 7) is 6.17. The molecule has 1 saturated carbocycles. The number of carbonyl (C=O) groups is 1. The number of rotatable bonds is 3. The van der Waals surface area contributed by atoms with Crippen LogP contribution in [0.25, 0.3) is 0 Å². The zero-order chi connectivity index (χ0) is 10.1. The monoisotopic (exact) mass is 183 g/mol. The van der Waals surface area contributed by atoms with E-state index in [1.807, 2.05) is 6.92 Å². The topological polar surface area (TPSA) is 43.1 Å². The van der Waals surface area contributed by atoms with Crippen LogP contribution in [0, 0.1) is 11.8 Å². The molecular weight excluding hydrogens is 162 g/mol. The molecule has 0 saturated heterocycles. The van der Waals surface area contributed by atoms with Gasteiger partial charge in [0, 0.05) is 5.92 Å². The van der Waals surface area contributed by atoms with E-state index < -0.39 is 5.54 Å². The molecule has 76 valence electrons. The predicted octanol–water partition coefficient (Wildman–Crippen LogP) is 2.12. The second-order valence-electron chi connectivity index (χ2n) is 4.76. The van der Waals surface area contributed by atoms with Crippen LogP contribution in [0.2, 0.25) is 0 Å². The molecule has 0 aromatic carbocycles. The number of Topliss-reactive ketones (excluding diaryl/α,β-unsaturated/α-hetero) is 1. The molecule has 2 N–H and O–H groups in total. The molecule has 0 radical (unpaired) electrons. The van der Waals surface area contributed by atoms with Crippen molar-refractivity contribution in [3.05, 3.63) is 0 Å². The molecule has 0 bridgehead atoms. The molecular formula is C11H21NO. The lowest BCUT2D eigenvalue weighted by Gasteiger charge is -2.27. The van der Waals surface area contributed by atoms with Gasteiger partial charge in [0.25, 0.3) is 0 Å². The van der Waals surface area contributed by atoms with E-state index >= 15 is 0 Å². The Bertz CT molecular complexity index is 192. The zero-order valence-corrected chi connectivity index (χ0v) is 8.97. The van der Waals surface area contributed by atoms with Crippen molar-refractivity contribution in [1.29, 1.82) is 0 Å². The summed E-state index contributed by atoms with van der Waals surface area (Å²) >= 11 is 0. The standard InChI is InChI=1S/C11H21NO/c1-8(2)9(3)10(13)11(12)6-4-5-7-11/h8-9H,4-7,12H2,1-3H3. The molecule has 0 aliphatic heterocycles. The van der Waals surface area contributed by atoms with Crippen LogP contribution in [0.3, 0.4) is 0 Å². The second-order valence-corrected chi connectivity index (χ2v) is 4.76. The number of carbonyl (C=O) groups excluding carboxylic acids is 1. The van der Waals surface area contributed by atoms with Gasteiger partial charge >= 0.3 is 0 Å². The SMILES string of the molecule is CC(C)C(C)C(=O)C1(N)CCCC1. The summed E-state index contributed by atoms with van der Waals surface area (Å²) in [6.07, 6.45) is 4.02. The fraction of sp³-hybridized carbons (Fsp3) is 0.909. The average molecular weight is 183 g/mol. The number of hydrogen-bond donors (Lipinski definition) is 1. The molecule has 1 unspecified atom stereocenters. The Morgan fingerprint density at radius 1 is 1.23 bits per heavy atom. The lowest BCUT2D eigenvalue weighted by atomic mass is 9.81. The Balaban J connectivity index is 2.65. The molecule has 1 rings (SSSR count). The lowest BCUT2D eigenvalue weighted by molar-refractivity contribution is -0.128. The van der Waals surface area contributed by atoms with Crippen LogP contribution in [-0.2, 0) is 4.79 Å². The Hall–Kier alpha value is -0.370. The largest absolute Gasteiger partial charge is 0.319 e. The maximum atomic E-state index is 12.0. The van der Waals surface area contributed by atoms with Gasteiger partial charge < -0.3 is 5.73 Å². The molecule has 1 atom stereocenters. The highest BCUT2D eigenvalue weighted by molar-refractivity contribution is 5.90. The minimum atomic E-state index is -0.482. The fourth-order valence-corrected chi connectivity index (χ4v) is 2.01. The van der Waals surface area contributed by atoms with Crippen molar-refractivity contribution in [1.82, 2.24) is 0 Å². The molecule has 1 fully saturated rings. The smallest absolute Gasteiger partial charge is 0.155 e. The number of nitrogens with two attached hydrogens (primary N) is 1. The van der Waals surface area contributed by atoms with Crippen LogP contribution in [-0.4, -0.2) is 11.3 Å². The van der Waals surface area contributed by atoms with Gasteiger partial charge in [-0.25, -0.2) is 0 Å². The van der Waals surface area contributed by atoms with E-state index in [0.717, 1.165) is 25.7 Å². The van der Waals surface area contributed by atoms with Crippen molar-refractivity contribution in [2.75, 3.05) is 0 Å². The summed E-state index contributed by atoms with van der Waals surface area (Å²) in [6, 6.07) is 0. The van der Waals surface area contributed by atoms with Crippen LogP contribution < -0.4 is 5.73 Å². The second kappa shape index (κ2) is 3.79. The quantitative estimate of drug-likeness (QED) is 0.728. The summed E-state index contributed by atoms with van der Waals surface area (Å²) in [7, 11) is 0. The summed E-state index contributed by atoms with van der Waals surface area (Å²) in [4.78, 5) is 12.0. The van der Waals surface area contributed by atoms with Gasteiger partial charge in [-0.1, -0.05) is 33.6 Å². The molecule has 2 heteroatoms. The van der Waals surface area contributed by atoms with Crippen molar-refractivity contribution >= 4 is 5.78 Å². The fourth-order valence-electron chi connectivity index (χ4n) is 2.01. The molecule has 0 heterocycles. The van der Waals surface area contributed by atoms with Crippen molar-refractivity contribution in [2.45, 2.75) is 52.0 Å². The maximum absolute atomic E-state index is 12.0. The molecule has 1 aliphatic carbocycles. The molecule has 0 aromatic heterocycles. The van der Waals surface area contributed by atoms with Gasteiger partial charge in [0.05, 0.1) is 5.54 Å². The minimum absolute atomic E-state index is 0.114. The van der Waals surface area contributed by atoms with Gasteiger partial charge in [-0.05, 0) is 18.8 Å². The van der Waals surface area contributed by atoms with E-state index in [9.17, 15) is 4.79 Å². The Kier molecular flexibility index (Phi) is 3.12. The van der Waals surface area contributed by atoms with Crippen molar-refractivity contribution in [2.24, 2.45) is 17.6 Å². The predicted molar refractivity (Wildman–Crippen MR) is 54.4 cm³/mol. The summed E-state index contributed by atoms with van der Waals surface area (Å²) in [5, 5.41) is 0. The van der Waals surface area contributed by atoms with Crippen molar-refractivity contribution in [3.63, 3.8) is 0 Å². The number of ketones is 1. The first-order valence-electron chi connectivity index (χ1n) is 5.30. The van der Waals surface area contributed by atoms with E-state index in [2.05, 4.69) is 13.8 Å². The first kappa shape index (κ1) is 10.7. The normalized spacial score (nSPS) is 23.5. The van der Waals surface area contributed by atoms with Gasteiger partial charge in [-0.15, -0.1) is 0 Å². The third kappa shape index (κ3) is 2.11. The van der Waals surface area contributed by atoms with Crippen LogP contribution in [0.1, 0.15) is 46.5 Å². The summed E-state index contributed by atoms with van der Waals surface area (Å²) < 4.78 is 0. The molecule has 13 heavy (non-hydrogen) atoms. The van der Waals surface area contributed by atoms with Crippen LogP contribution >= 0.6 is 0 Å². The Morgan fingerprint density at radius 2 is 1.69 bits per heavy atom. The third-order valence-electron chi connectivity index (χ3n) is 3.40. The van der Waals surface area contributed by atoms with Gasteiger partial charge in [0.2, 0.25) is 0 Å². The van der Waals surface area contributed by atoms with Gasteiger partial charge in [0.1, 0.15) is 0 Å². The zero-order valence-electron chi connectivity index (χ0n) is 8.97. The van der Waals surface area contributed by atoms with Crippen LogP contribution in [0.5, 0.6) is 0 Å². The van der Waals surface area contributed by atoms with Crippen molar-refractivity contribution in [3.8, 4) is 0 Å². The Labute approximate surface area is 80.9 Å². The lowest BCUT2D eigenvalue weighted by Crippen LogP contribution is -2.48. The molecule has 0 spiro atoms. The maximum Gasteiger partial charge on any atom is 0.155 e. The summed E-state index contributed by atoms with van der Waals surface area (Å²) in [5.74, 6) is 0.802. The van der Waals surface area contributed by atoms with Gasteiger partial charge in [-0.2, -0.15) is 0 Å². The highest BCUT2D eigenvalue weighted by atomic mass is 16.1. The first-order chi connectivity index (χ1) is 5.97. The average Bonchev–Trinajstić information content (AvgIpc) is 2.50. The Morgan fingerprint density at radius 3 is 2.08 bits per heavy atom. The molecule has 0 amide bonds. The third-order valence-corrected chi connectivity index (χ3v) is 3.40. The highest BCUT2D eigenvalue weighted by Gasteiger charge is 2.39. The van der Waals surface area contributed by atoms with Crippen LogP contribution in [0.15, 0.2) is 0 Å². The van der Waals surface area contributed by atoms with E-state index in [-0.39, 0.29) is 11.7 Å².